The number of carboxylic acid groups (broad SMARTS) is 1. The summed E-state index contributed by atoms with van der Waals surface area (Å²) in [4.78, 5) is 15.1. The molecule has 0 saturated heterocycles. The molecule has 0 saturated carbocycles. The van der Waals surface area contributed by atoms with Crippen molar-refractivity contribution in [3.05, 3.63) is 34.9 Å². The number of nitrogens with zero attached hydrogens (tertiary/aromatic N) is 2. The summed E-state index contributed by atoms with van der Waals surface area (Å²) in [5.74, 6) is -2.10. The summed E-state index contributed by atoms with van der Waals surface area (Å²) in [7, 11) is 0. The number of rotatable bonds is 4. The van der Waals surface area contributed by atoms with Gasteiger partial charge in [0.2, 0.25) is 11.7 Å². The summed E-state index contributed by atoms with van der Waals surface area (Å²) in [5, 5.41) is 12.9. The predicted molar refractivity (Wildman–Crippen MR) is 69.9 cm³/mol. The molecule has 7 heteroatoms. The van der Waals surface area contributed by atoms with Crippen LogP contribution in [0.25, 0.3) is 11.4 Å². The maximum absolute atomic E-state index is 13.0. The third kappa shape index (κ3) is 2.80. The minimum atomic E-state index is -0.947. The van der Waals surface area contributed by atoms with Gasteiger partial charge in [-0.25, -0.2) is 4.39 Å². The molecule has 0 fully saturated rings. The Balaban J connectivity index is 2.31. The summed E-state index contributed by atoms with van der Waals surface area (Å²) in [5.41, 5.74) is 0.429. The van der Waals surface area contributed by atoms with Crippen molar-refractivity contribution < 1.29 is 18.8 Å². The lowest BCUT2D eigenvalue weighted by Gasteiger charge is -2.10. The molecular weight excluding hydrogens is 287 g/mol. The third-order valence-corrected chi connectivity index (χ3v) is 3.46. The number of benzene rings is 1. The summed E-state index contributed by atoms with van der Waals surface area (Å²) in [6.07, 6.45) is 0. The van der Waals surface area contributed by atoms with Crippen LogP contribution in [0.15, 0.2) is 22.7 Å². The third-order valence-electron chi connectivity index (χ3n) is 3.14. The summed E-state index contributed by atoms with van der Waals surface area (Å²) >= 11 is 5.91. The number of halogens is 2. The summed E-state index contributed by atoms with van der Waals surface area (Å²) < 4.78 is 18.0. The van der Waals surface area contributed by atoms with E-state index in [-0.39, 0.29) is 16.7 Å². The minimum Gasteiger partial charge on any atom is -0.481 e. The quantitative estimate of drug-likeness (QED) is 0.936. The van der Waals surface area contributed by atoms with E-state index in [0.717, 1.165) is 6.07 Å². The maximum atomic E-state index is 13.0. The van der Waals surface area contributed by atoms with Gasteiger partial charge in [0.15, 0.2) is 0 Å². The lowest BCUT2D eigenvalue weighted by molar-refractivity contribution is -0.141. The van der Waals surface area contributed by atoms with Gasteiger partial charge in [-0.15, -0.1) is 0 Å². The first-order chi connectivity index (χ1) is 9.40. The fourth-order valence-electron chi connectivity index (χ4n) is 1.63. The molecule has 0 bridgehead atoms. The Kier molecular flexibility index (Phi) is 4.04. The molecule has 106 valence electrons. The van der Waals surface area contributed by atoms with Crippen molar-refractivity contribution in [3.63, 3.8) is 0 Å². The van der Waals surface area contributed by atoms with Crippen molar-refractivity contribution >= 4 is 17.6 Å². The molecule has 1 heterocycles. The zero-order chi connectivity index (χ0) is 14.9. The molecule has 0 amide bonds. The zero-order valence-corrected chi connectivity index (χ0v) is 11.6. The zero-order valence-electron chi connectivity index (χ0n) is 10.8. The smallest absolute Gasteiger partial charge is 0.307 e. The van der Waals surface area contributed by atoms with Gasteiger partial charge in [-0.3, -0.25) is 4.79 Å². The molecule has 5 nitrogen and oxygen atoms in total. The van der Waals surface area contributed by atoms with Gasteiger partial charge in [0.05, 0.1) is 10.9 Å². The highest BCUT2D eigenvalue weighted by molar-refractivity contribution is 6.33. The molecule has 1 aromatic heterocycles. The summed E-state index contributed by atoms with van der Waals surface area (Å²) in [6.45, 7) is 3.24. The Labute approximate surface area is 119 Å². The van der Waals surface area contributed by atoms with E-state index >= 15 is 0 Å². The van der Waals surface area contributed by atoms with E-state index in [9.17, 15) is 9.18 Å². The first kappa shape index (κ1) is 14.5. The van der Waals surface area contributed by atoms with Crippen molar-refractivity contribution in [3.8, 4) is 11.4 Å². The highest BCUT2D eigenvalue weighted by Gasteiger charge is 2.26. The molecule has 0 aliphatic rings. The fourth-order valence-corrected chi connectivity index (χ4v) is 1.88. The minimum absolute atomic E-state index is 0.163. The normalized spacial score (nSPS) is 14.0. The molecular formula is C13H12ClFN2O3. The van der Waals surface area contributed by atoms with Crippen molar-refractivity contribution in [2.75, 3.05) is 0 Å². The van der Waals surface area contributed by atoms with Crippen LogP contribution in [0.5, 0.6) is 0 Å². The van der Waals surface area contributed by atoms with Crippen LogP contribution < -0.4 is 0 Å². The van der Waals surface area contributed by atoms with Gasteiger partial charge in [0.1, 0.15) is 5.82 Å². The first-order valence-electron chi connectivity index (χ1n) is 5.92. The van der Waals surface area contributed by atoms with Crippen molar-refractivity contribution in [2.24, 2.45) is 5.92 Å². The van der Waals surface area contributed by atoms with Crippen LogP contribution >= 0.6 is 11.6 Å². The highest BCUT2D eigenvalue weighted by Crippen LogP contribution is 2.29. The Morgan fingerprint density at radius 3 is 2.75 bits per heavy atom. The fraction of sp³-hybridized carbons (Fsp3) is 0.308. The average Bonchev–Trinajstić information content (AvgIpc) is 2.86. The molecule has 1 N–H and O–H groups in total. The van der Waals surface area contributed by atoms with Crippen LogP contribution in [0, 0.1) is 11.7 Å². The maximum Gasteiger partial charge on any atom is 0.307 e. The number of hydrogen-bond acceptors (Lipinski definition) is 4. The Bertz CT molecular complexity index is 644. The number of aromatic nitrogens is 2. The molecule has 20 heavy (non-hydrogen) atoms. The van der Waals surface area contributed by atoms with Gasteiger partial charge in [0.25, 0.3) is 0 Å². The van der Waals surface area contributed by atoms with Crippen LogP contribution in [0.3, 0.4) is 0 Å². The van der Waals surface area contributed by atoms with Crippen LogP contribution in [0.2, 0.25) is 5.02 Å². The van der Waals surface area contributed by atoms with E-state index in [0.29, 0.717) is 5.56 Å². The molecule has 2 aromatic rings. The van der Waals surface area contributed by atoms with Crippen LogP contribution in [0.1, 0.15) is 25.7 Å². The monoisotopic (exact) mass is 298 g/mol. The molecule has 2 atom stereocenters. The van der Waals surface area contributed by atoms with Crippen molar-refractivity contribution in [1.29, 1.82) is 0 Å². The predicted octanol–water partition coefficient (Wildman–Crippen LogP) is 3.35. The van der Waals surface area contributed by atoms with Gasteiger partial charge in [-0.2, -0.15) is 4.98 Å². The van der Waals surface area contributed by atoms with Crippen LogP contribution in [-0.2, 0) is 4.79 Å². The average molecular weight is 299 g/mol. The molecule has 0 spiro atoms. The van der Waals surface area contributed by atoms with E-state index in [2.05, 4.69) is 10.1 Å². The van der Waals surface area contributed by atoms with Crippen molar-refractivity contribution in [2.45, 2.75) is 19.8 Å². The number of carbonyl (C=O) groups is 1. The van der Waals surface area contributed by atoms with Crippen LogP contribution in [0.4, 0.5) is 4.39 Å². The molecule has 0 aliphatic carbocycles. The molecule has 1 aromatic carbocycles. The van der Waals surface area contributed by atoms with Crippen molar-refractivity contribution in [1.82, 2.24) is 10.1 Å². The molecule has 0 aliphatic heterocycles. The standard InChI is InChI=1S/C13H12ClFN2O3/c1-6(7(2)13(18)19)12-16-11(17-20-12)9-4-3-8(15)5-10(9)14/h3-7H,1-2H3,(H,18,19). The van der Waals surface area contributed by atoms with E-state index in [1.54, 1.807) is 13.8 Å². The van der Waals surface area contributed by atoms with Gasteiger partial charge in [-0.05, 0) is 18.2 Å². The van der Waals surface area contributed by atoms with E-state index < -0.39 is 23.6 Å². The second kappa shape index (κ2) is 5.58. The molecule has 2 rings (SSSR count). The molecule has 2 unspecified atom stereocenters. The highest BCUT2D eigenvalue weighted by atomic mass is 35.5. The Morgan fingerprint density at radius 1 is 1.45 bits per heavy atom. The number of aliphatic carboxylic acids is 1. The number of carboxylic acids is 1. The number of hydrogen-bond donors (Lipinski definition) is 1. The Hall–Kier alpha value is -1.95. The Morgan fingerprint density at radius 2 is 2.15 bits per heavy atom. The lowest BCUT2D eigenvalue weighted by atomic mass is 9.96. The van der Waals surface area contributed by atoms with Gasteiger partial charge >= 0.3 is 5.97 Å². The molecule has 0 radical (unpaired) electrons. The van der Waals surface area contributed by atoms with Gasteiger partial charge < -0.3 is 9.63 Å². The van der Waals surface area contributed by atoms with Gasteiger partial charge in [-0.1, -0.05) is 30.6 Å². The van der Waals surface area contributed by atoms with E-state index in [4.69, 9.17) is 21.2 Å². The lowest BCUT2D eigenvalue weighted by Crippen LogP contribution is -2.16. The van der Waals surface area contributed by atoms with E-state index in [1.165, 1.54) is 12.1 Å². The topological polar surface area (TPSA) is 76.2 Å². The second-order valence-electron chi connectivity index (χ2n) is 4.50. The van der Waals surface area contributed by atoms with E-state index in [1.807, 2.05) is 0 Å². The van der Waals surface area contributed by atoms with Gasteiger partial charge in [0, 0.05) is 11.5 Å². The second-order valence-corrected chi connectivity index (χ2v) is 4.90. The van der Waals surface area contributed by atoms with Crippen LogP contribution in [-0.4, -0.2) is 21.2 Å². The SMILES string of the molecule is CC(C(=O)O)C(C)c1nc(-c2ccc(F)cc2Cl)no1. The largest absolute Gasteiger partial charge is 0.481 e. The summed E-state index contributed by atoms with van der Waals surface area (Å²) in [6, 6.07) is 3.83. The first-order valence-corrected chi connectivity index (χ1v) is 6.29.